The number of hydrogen-bond acceptors (Lipinski definition) is 2. The van der Waals surface area contributed by atoms with E-state index in [-0.39, 0.29) is 22.0 Å². The summed E-state index contributed by atoms with van der Waals surface area (Å²) in [6.07, 6.45) is 0. The first-order valence-corrected chi connectivity index (χ1v) is 7.39. The number of anilines is 1. The Kier molecular flexibility index (Phi) is 5.20. The fourth-order valence-electron chi connectivity index (χ4n) is 1.59. The Morgan fingerprint density at radius 2 is 1.86 bits per heavy atom. The SMILES string of the molecule is C[C@H](Sc1ccc(F)cc1)C(=O)Nc1ccc(F)c(Cl)c1. The summed E-state index contributed by atoms with van der Waals surface area (Å²) >= 11 is 6.96. The Hall–Kier alpha value is -1.59. The van der Waals surface area contributed by atoms with Crippen molar-refractivity contribution in [3.8, 4) is 0 Å². The summed E-state index contributed by atoms with van der Waals surface area (Å²) in [7, 11) is 0. The fraction of sp³-hybridized carbons (Fsp3) is 0.133. The maximum absolute atomic E-state index is 13.0. The van der Waals surface area contributed by atoms with Crippen LogP contribution in [0.5, 0.6) is 0 Å². The second kappa shape index (κ2) is 6.91. The third-order valence-corrected chi connectivity index (χ3v) is 4.08. The molecular formula is C15H12ClF2NOS. The number of amides is 1. The molecule has 1 amide bonds. The predicted molar refractivity (Wildman–Crippen MR) is 81.8 cm³/mol. The molecule has 0 aliphatic carbocycles. The van der Waals surface area contributed by atoms with Crippen LogP contribution < -0.4 is 5.32 Å². The van der Waals surface area contributed by atoms with Crippen LogP contribution in [0.1, 0.15) is 6.92 Å². The molecule has 0 aliphatic heterocycles. The molecule has 6 heteroatoms. The molecule has 0 spiro atoms. The van der Waals surface area contributed by atoms with Crippen LogP contribution in [-0.4, -0.2) is 11.2 Å². The molecular weight excluding hydrogens is 316 g/mol. The van der Waals surface area contributed by atoms with E-state index in [1.165, 1.54) is 42.1 Å². The summed E-state index contributed by atoms with van der Waals surface area (Å²) in [5.74, 6) is -1.10. The van der Waals surface area contributed by atoms with Crippen LogP contribution in [0.3, 0.4) is 0 Å². The lowest BCUT2D eigenvalue weighted by Gasteiger charge is -2.12. The van der Waals surface area contributed by atoms with Crippen molar-refractivity contribution in [1.82, 2.24) is 0 Å². The summed E-state index contributed by atoms with van der Waals surface area (Å²) < 4.78 is 25.8. The number of carbonyl (C=O) groups excluding carboxylic acids is 1. The van der Waals surface area contributed by atoms with E-state index in [4.69, 9.17) is 11.6 Å². The molecule has 1 atom stereocenters. The molecule has 0 bridgehead atoms. The Morgan fingerprint density at radius 3 is 2.48 bits per heavy atom. The maximum atomic E-state index is 13.0. The highest BCUT2D eigenvalue weighted by molar-refractivity contribution is 8.00. The smallest absolute Gasteiger partial charge is 0.237 e. The van der Waals surface area contributed by atoms with Crippen LogP contribution in [-0.2, 0) is 4.79 Å². The van der Waals surface area contributed by atoms with Gasteiger partial charge >= 0.3 is 0 Å². The quantitative estimate of drug-likeness (QED) is 0.822. The lowest BCUT2D eigenvalue weighted by molar-refractivity contribution is -0.115. The normalized spacial score (nSPS) is 12.0. The molecule has 1 N–H and O–H groups in total. The Labute approximate surface area is 130 Å². The number of halogens is 3. The topological polar surface area (TPSA) is 29.1 Å². The van der Waals surface area contributed by atoms with Gasteiger partial charge in [0.05, 0.1) is 10.3 Å². The van der Waals surface area contributed by atoms with Crippen molar-refractivity contribution in [2.24, 2.45) is 0 Å². The monoisotopic (exact) mass is 327 g/mol. The second-order valence-corrected chi connectivity index (χ2v) is 6.15. The molecule has 2 aromatic carbocycles. The van der Waals surface area contributed by atoms with Crippen molar-refractivity contribution in [1.29, 1.82) is 0 Å². The zero-order chi connectivity index (χ0) is 15.4. The zero-order valence-electron chi connectivity index (χ0n) is 11.1. The van der Waals surface area contributed by atoms with Gasteiger partial charge in [-0.25, -0.2) is 8.78 Å². The van der Waals surface area contributed by atoms with E-state index < -0.39 is 5.82 Å². The van der Waals surface area contributed by atoms with Crippen molar-refractivity contribution in [3.63, 3.8) is 0 Å². The average molecular weight is 328 g/mol. The molecule has 0 aromatic heterocycles. The number of benzene rings is 2. The molecule has 0 fully saturated rings. The first-order valence-electron chi connectivity index (χ1n) is 6.14. The largest absolute Gasteiger partial charge is 0.325 e. The van der Waals surface area contributed by atoms with Crippen LogP contribution in [0, 0.1) is 11.6 Å². The minimum Gasteiger partial charge on any atom is -0.325 e. The van der Waals surface area contributed by atoms with Crippen molar-refractivity contribution in [2.75, 3.05) is 5.32 Å². The van der Waals surface area contributed by atoms with Gasteiger partial charge in [-0.1, -0.05) is 11.6 Å². The molecule has 2 rings (SSSR count). The third-order valence-electron chi connectivity index (χ3n) is 2.68. The Morgan fingerprint density at radius 1 is 1.19 bits per heavy atom. The minimum atomic E-state index is -0.539. The van der Waals surface area contributed by atoms with E-state index >= 15 is 0 Å². The zero-order valence-corrected chi connectivity index (χ0v) is 12.6. The Balaban J connectivity index is 1.98. The van der Waals surface area contributed by atoms with Gasteiger partial charge in [-0.15, -0.1) is 11.8 Å². The van der Waals surface area contributed by atoms with E-state index in [1.807, 2.05) is 0 Å². The molecule has 0 radical (unpaired) electrons. The highest BCUT2D eigenvalue weighted by Gasteiger charge is 2.15. The van der Waals surface area contributed by atoms with Gasteiger partial charge in [0.2, 0.25) is 5.91 Å². The fourth-order valence-corrected chi connectivity index (χ4v) is 2.64. The third kappa shape index (κ3) is 4.44. The summed E-state index contributed by atoms with van der Waals surface area (Å²) in [4.78, 5) is 12.8. The molecule has 21 heavy (non-hydrogen) atoms. The number of thioether (sulfide) groups is 1. The van der Waals surface area contributed by atoms with Crippen LogP contribution in [0.15, 0.2) is 47.4 Å². The number of nitrogens with one attached hydrogen (secondary N) is 1. The van der Waals surface area contributed by atoms with Crippen molar-refractivity contribution in [2.45, 2.75) is 17.1 Å². The lowest BCUT2D eigenvalue weighted by atomic mass is 10.3. The minimum absolute atomic E-state index is 0.0494. The second-order valence-electron chi connectivity index (χ2n) is 4.33. The van der Waals surface area contributed by atoms with Gasteiger partial charge in [0, 0.05) is 10.6 Å². The van der Waals surface area contributed by atoms with Crippen molar-refractivity contribution in [3.05, 3.63) is 59.1 Å². The lowest BCUT2D eigenvalue weighted by Crippen LogP contribution is -2.22. The molecule has 0 heterocycles. The molecule has 0 saturated carbocycles. The van der Waals surface area contributed by atoms with Crippen molar-refractivity contribution < 1.29 is 13.6 Å². The van der Waals surface area contributed by atoms with E-state index in [0.29, 0.717) is 5.69 Å². The highest BCUT2D eigenvalue weighted by Crippen LogP contribution is 2.25. The molecule has 0 unspecified atom stereocenters. The molecule has 110 valence electrons. The van der Waals surface area contributed by atoms with E-state index in [0.717, 1.165) is 4.90 Å². The van der Waals surface area contributed by atoms with Crippen molar-refractivity contribution >= 4 is 35.0 Å². The van der Waals surface area contributed by atoms with Crippen LogP contribution in [0.25, 0.3) is 0 Å². The summed E-state index contributed by atoms with van der Waals surface area (Å²) in [5, 5.41) is 2.22. The molecule has 0 aliphatic rings. The van der Waals surface area contributed by atoms with Gasteiger partial charge in [-0.05, 0) is 49.4 Å². The number of hydrogen-bond donors (Lipinski definition) is 1. The predicted octanol–water partition coefficient (Wildman–Crippen LogP) is 4.74. The number of carbonyl (C=O) groups is 1. The van der Waals surface area contributed by atoms with E-state index in [1.54, 1.807) is 19.1 Å². The first-order chi connectivity index (χ1) is 9.95. The van der Waals surface area contributed by atoms with Gasteiger partial charge in [0.15, 0.2) is 0 Å². The molecule has 2 aromatic rings. The van der Waals surface area contributed by atoms with Crippen LogP contribution in [0.4, 0.5) is 14.5 Å². The van der Waals surface area contributed by atoms with Gasteiger partial charge < -0.3 is 5.32 Å². The van der Waals surface area contributed by atoms with Gasteiger partial charge in [-0.2, -0.15) is 0 Å². The van der Waals surface area contributed by atoms with Gasteiger partial charge in [0.1, 0.15) is 11.6 Å². The molecule has 0 saturated heterocycles. The molecule has 2 nitrogen and oxygen atoms in total. The van der Waals surface area contributed by atoms with E-state index in [9.17, 15) is 13.6 Å². The van der Waals surface area contributed by atoms with Crippen LogP contribution in [0.2, 0.25) is 5.02 Å². The van der Waals surface area contributed by atoms with Gasteiger partial charge in [0.25, 0.3) is 0 Å². The summed E-state index contributed by atoms with van der Waals surface area (Å²) in [6, 6.07) is 9.88. The summed E-state index contributed by atoms with van der Waals surface area (Å²) in [5.41, 5.74) is 0.429. The first kappa shape index (κ1) is 15.8. The summed E-state index contributed by atoms with van der Waals surface area (Å²) in [6.45, 7) is 1.73. The van der Waals surface area contributed by atoms with Gasteiger partial charge in [-0.3, -0.25) is 4.79 Å². The maximum Gasteiger partial charge on any atom is 0.237 e. The Bertz CT molecular complexity index is 649. The standard InChI is InChI=1S/C15H12ClF2NOS/c1-9(21-12-5-2-10(17)3-6-12)15(20)19-11-4-7-14(18)13(16)8-11/h2-9H,1H3,(H,19,20)/t9-/m0/s1. The highest BCUT2D eigenvalue weighted by atomic mass is 35.5. The van der Waals surface area contributed by atoms with Crippen LogP contribution >= 0.6 is 23.4 Å². The van der Waals surface area contributed by atoms with E-state index in [2.05, 4.69) is 5.32 Å². The number of rotatable bonds is 4. The average Bonchev–Trinajstić information content (AvgIpc) is 2.45.